The zero-order chi connectivity index (χ0) is 18.3. The smallest absolute Gasteiger partial charge is 0.186 e. The molecule has 0 aliphatic carbocycles. The van der Waals surface area contributed by atoms with E-state index in [1.807, 2.05) is 12.1 Å². The second kappa shape index (κ2) is 6.72. The predicted octanol–water partition coefficient (Wildman–Crippen LogP) is 4.44. The summed E-state index contributed by atoms with van der Waals surface area (Å²) in [6.07, 6.45) is 0. The first-order valence-electron chi connectivity index (χ1n) is 9.00. The van der Waals surface area contributed by atoms with E-state index in [1.165, 1.54) is 21.5 Å². The van der Waals surface area contributed by atoms with Gasteiger partial charge in [0.2, 0.25) is 0 Å². The van der Waals surface area contributed by atoms with E-state index in [-0.39, 0.29) is 5.78 Å². The van der Waals surface area contributed by atoms with Crippen LogP contribution >= 0.6 is 11.3 Å². The zero-order valence-corrected chi connectivity index (χ0v) is 16.3. The maximum atomic E-state index is 11.4. The Kier molecular flexibility index (Phi) is 4.41. The Hall–Kier alpha value is -2.40. The van der Waals surface area contributed by atoms with Gasteiger partial charge in [0, 0.05) is 37.4 Å². The Balaban J connectivity index is 1.48. The first-order valence-corrected chi connectivity index (χ1v) is 9.81. The van der Waals surface area contributed by atoms with Gasteiger partial charge in [-0.25, -0.2) is 4.98 Å². The molecule has 0 spiro atoms. The number of aromatic nitrogens is 1. The third kappa shape index (κ3) is 3.19. The van der Waals surface area contributed by atoms with Crippen molar-refractivity contribution in [2.45, 2.75) is 20.8 Å². The summed E-state index contributed by atoms with van der Waals surface area (Å²) in [4.78, 5) is 21.1. The average Bonchev–Trinajstić information content (AvgIpc) is 3.06. The van der Waals surface area contributed by atoms with Gasteiger partial charge in [-0.1, -0.05) is 17.4 Å². The van der Waals surface area contributed by atoms with E-state index in [1.54, 1.807) is 18.3 Å². The van der Waals surface area contributed by atoms with Crippen molar-refractivity contribution in [3.05, 3.63) is 53.1 Å². The summed E-state index contributed by atoms with van der Waals surface area (Å²) < 4.78 is 1.28. The number of hydrogen-bond donors (Lipinski definition) is 0. The van der Waals surface area contributed by atoms with Crippen LogP contribution in [0.1, 0.15) is 28.4 Å². The number of piperazine rings is 1. The van der Waals surface area contributed by atoms with Crippen molar-refractivity contribution in [2.75, 3.05) is 36.0 Å². The van der Waals surface area contributed by atoms with Gasteiger partial charge in [0.25, 0.3) is 0 Å². The molecular formula is C21H23N3OS. The van der Waals surface area contributed by atoms with Gasteiger partial charge >= 0.3 is 0 Å². The minimum Gasteiger partial charge on any atom is -0.368 e. The van der Waals surface area contributed by atoms with E-state index >= 15 is 0 Å². The third-order valence-corrected chi connectivity index (χ3v) is 6.07. The van der Waals surface area contributed by atoms with Crippen LogP contribution in [0.3, 0.4) is 0 Å². The number of thiazole rings is 1. The normalized spacial score (nSPS) is 14.9. The van der Waals surface area contributed by atoms with Crippen molar-refractivity contribution >= 4 is 38.2 Å². The molecule has 0 saturated carbocycles. The lowest BCUT2D eigenvalue weighted by atomic mass is 10.1. The second-order valence-corrected chi connectivity index (χ2v) is 8.01. The van der Waals surface area contributed by atoms with Crippen LogP contribution < -0.4 is 9.80 Å². The molecule has 0 atom stereocenters. The van der Waals surface area contributed by atoms with Crippen molar-refractivity contribution in [3.63, 3.8) is 0 Å². The average molecular weight is 366 g/mol. The van der Waals surface area contributed by atoms with Crippen molar-refractivity contribution in [1.29, 1.82) is 0 Å². The highest BCUT2D eigenvalue weighted by molar-refractivity contribution is 7.22. The molecule has 1 aromatic heterocycles. The lowest BCUT2D eigenvalue weighted by molar-refractivity contribution is 0.101. The Labute approximate surface area is 158 Å². The molecule has 2 heterocycles. The molecule has 4 nitrogen and oxygen atoms in total. The fourth-order valence-electron chi connectivity index (χ4n) is 3.56. The Bertz CT molecular complexity index is 953. The Morgan fingerprint density at radius 3 is 2.31 bits per heavy atom. The summed E-state index contributed by atoms with van der Waals surface area (Å²) >= 11 is 1.79. The van der Waals surface area contributed by atoms with E-state index in [4.69, 9.17) is 4.98 Å². The van der Waals surface area contributed by atoms with E-state index in [9.17, 15) is 4.79 Å². The molecule has 0 N–H and O–H groups in total. The number of rotatable bonds is 3. The number of nitrogens with zero attached hydrogens (tertiary/aromatic N) is 3. The van der Waals surface area contributed by atoms with Gasteiger partial charge in [-0.05, 0) is 62.2 Å². The molecule has 2 aromatic carbocycles. The first kappa shape index (κ1) is 17.0. The molecule has 1 aliphatic rings. The maximum absolute atomic E-state index is 11.4. The van der Waals surface area contributed by atoms with Crippen LogP contribution in [0.4, 0.5) is 10.8 Å². The fraction of sp³-hybridized carbons (Fsp3) is 0.333. The van der Waals surface area contributed by atoms with Crippen molar-refractivity contribution < 1.29 is 4.79 Å². The summed E-state index contributed by atoms with van der Waals surface area (Å²) in [5.74, 6) is 0.114. The monoisotopic (exact) mass is 365 g/mol. The molecule has 1 aliphatic heterocycles. The van der Waals surface area contributed by atoms with E-state index in [2.05, 4.69) is 47.9 Å². The van der Waals surface area contributed by atoms with Crippen LogP contribution in [0.5, 0.6) is 0 Å². The number of fused-ring (bicyclic) bond motifs is 1. The van der Waals surface area contributed by atoms with Gasteiger partial charge in [0.15, 0.2) is 10.9 Å². The molecule has 0 unspecified atom stereocenters. The molecule has 5 heteroatoms. The molecule has 26 heavy (non-hydrogen) atoms. The highest BCUT2D eigenvalue weighted by Gasteiger charge is 2.20. The Morgan fingerprint density at radius 2 is 1.65 bits per heavy atom. The minimum absolute atomic E-state index is 0.114. The third-order valence-electron chi connectivity index (χ3n) is 5.01. The number of carbonyl (C=O) groups excluding carboxylic acids is 1. The molecular weight excluding hydrogens is 342 g/mol. The van der Waals surface area contributed by atoms with Gasteiger partial charge in [0.05, 0.1) is 10.2 Å². The quantitative estimate of drug-likeness (QED) is 0.643. The van der Waals surface area contributed by atoms with Gasteiger partial charge in [-0.3, -0.25) is 4.79 Å². The van der Waals surface area contributed by atoms with E-state index in [0.29, 0.717) is 0 Å². The number of hydrogen-bond acceptors (Lipinski definition) is 5. The molecule has 0 amide bonds. The van der Waals surface area contributed by atoms with Crippen LogP contribution in [-0.2, 0) is 0 Å². The highest BCUT2D eigenvalue weighted by atomic mass is 32.1. The van der Waals surface area contributed by atoms with Crippen molar-refractivity contribution in [1.82, 2.24) is 4.98 Å². The SMILES string of the molecule is CC(=O)c1ccc(N2CCN(c3nc4c(C)cc(C)cc4s3)CC2)cc1. The van der Waals surface area contributed by atoms with Gasteiger partial charge in [-0.2, -0.15) is 0 Å². The summed E-state index contributed by atoms with van der Waals surface area (Å²) in [7, 11) is 0. The predicted molar refractivity (Wildman–Crippen MR) is 110 cm³/mol. The topological polar surface area (TPSA) is 36.4 Å². The first-order chi connectivity index (χ1) is 12.5. The maximum Gasteiger partial charge on any atom is 0.186 e. The van der Waals surface area contributed by atoms with E-state index < -0.39 is 0 Å². The lowest BCUT2D eigenvalue weighted by Gasteiger charge is -2.36. The van der Waals surface area contributed by atoms with Gasteiger partial charge < -0.3 is 9.80 Å². The standard InChI is InChI=1S/C21H23N3OS/c1-14-12-15(2)20-19(13-14)26-21(22-20)24-10-8-23(9-11-24)18-6-4-17(5-7-18)16(3)25/h4-7,12-13H,8-11H2,1-3H3. The van der Waals surface area contributed by atoms with Crippen molar-refractivity contribution in [2.24, 2.45) is 0 Å². The molecule has 0 bridgehead atoms. The second-order valence-electron chi connectivity index (χ2n) is 7.00. The number of anilines is 2. The number of Topliss-reactive ketones (excluding diaryl/α,β-unsaturated/α-hetero) is 1. The summed E-state index contributed by atoms with van der Waals surface area (Å²) in [6, 6.07) is 12.4. The van der Waals surface area contributed by atoms with Crippen LogP contribution in [-0.4, -0.2) is 36.9 Å². The van der Waals surface area contributed by atoms with Crippen molar-refractivity contribution in [3.8, 4) is 0 Å². The van der Waals surface area contributed by atoms with Gasteiger partial charge in [-0.15, -0.1) is 0 Å². The lowest BCUT2D eigenvalue weighted by Crippen LogP contribution is -2.46. The number of benzene rings is 2. The summed E-state index contributed by atoms with van der Waals surface area (Å²) in [6.45, 7) is 9.75. The van der Waals surface area contributed by atoms with E-state index in [0.717, 1.165) is 42.4 Å². The van der Waals surface area contributed by atoms with Crippen LogP contribution in [0.15, 0.2) is 36.4 Å². The fourth-order valence-corrected chi connectivity index (χ4v) is 4.75. The molecule has 134 valence electrons. The number of carbonyl (C=O) groups is 1. The van der Waals surface area contributed by atoms with Crippen LogP contribution in [0.25, 0.3) is 10.2 Å². The molecule has 0 radical (unpaired) electrons. The zero-order valence-electron chi connectivity index (χ0n) is 15.5. The van der Waals surface area contributed by atoms with Gasteiger partial charge in [0.1, 0.15) is 0 Å². The highest BCUT2D eigenvalue weighted by Crippen LogP contribution is 2.32. The Morgan fingerprint density at radius 1 is 1.00 bits per heavy atom. The number of ketones is 1. The molecule has 3 aromatic rings. The number of aryl methyl sites for hydroxylation is 2. The molecule has 1 saturated heterocycles. The summed E-state index contributed by atoms with van der Waals surface area (Å²) in [5, 5.41) is 1.13. The van der Waals surface area contributed by atoms with Crippen LogP contribution in [0, 0.1) is 13.8 Å². The minimum atomic E-state index is 0.114. The van der Waals surface area contributed by atoms with Crippen LogP contribution in [0.2, 0.25) is 0 Å². The molecule has 1 fully saturated rings. The largest absolute Gasteiger partial charge is 0.368 e. The molecule has 4 rings (SSSR count). The summed E-state index contributed by atoms with van der Waals surface area (Å²) in [5.41, 5.74) is 5.64.